The number of thiazole rings is 1. The lowest BCUT2D eigenvalue weighted by Gasteiger charge is -2.16. The largest absolute Gasteiger partial charge is 0.382 e. The van der Waals surface area contributed by atoms with Gasteiger partial charge in [-0.25, -0.2) is 4.98 Å². The Morgan fingerprint density at radius 2 is 2.10 bits per heavy atom. The van der Waals surface area contributed by atoms with Crippen LogP contribution in [0.5, 0.6) is 0 Å². The van der Waals surface area contributed by atoms with Crippen molar-refractivity contribution in [2.45, 2.75) is 20.3 Å². The summed E-state index contributed by atoms with van der Waals surface area (Å²) in [5.74, 6) is -0.515. The molecule has 0 aromatic carbocycles. The number of likely N-dealkylation sites (tertiary alicyclic amines) is 1. The summed E-state index contributed by atoms with van der Waals surface area (Å²) in [7, 11) is 0. The van der Waals surface area contributed by atoms with Gasteiger partial charge in [0, 0.05) is 26.2 Å². The third-order valence-electron chi connectivity index (χ3n) is 3.75. The van der Waals surface area contributed by atoms with Crippen molar-refractivity contribution >= 4 is 34.1 Å². The van der Waals surface area contributed by atoms with E-state index in [0.29, 0.717) is 24.4 Å². The lowest BCUT2D eigenvalue weighted by Crippen LogP contribution is -2.31. The molecule has 2 heterocycles. The zero-order chi connectivity index (χ0) is 15.6. The van der Waals surface area contributed by atoms with Gasteiger partial charge >= 0.3 is 0 Å². The first kappa shape index (κ1) is 15.6. The van der Waals surface area contributed by atoms with Crippen molar-refractivity contribution in [1.82, 2.24) is 9.88 Å². The number of nitrogens with zero attached hydrogens (tertiary/aromatic N) is 3. The number of anilines is 2. The first-order valence-electron chi connectivity index (χ1n) is 7.07. The Morgan fingerprint density at radius 3 is 2.62 bits per heavy atom. The number of hydrogen-bond acceptors (Lipinski definition) is 6. The molecule has 21 heavy (non-hydrogen) atoms. The van der Waals surface area contributed by atoms with E-state index < -0.39 is 0 Å². The highest BCUT2D eigenvalue weighted by atomic mass is 32.1. The SMILES string of the molecule is CCN(CC)c1nc(N)c(C(=O)N2CCC(C(N)=O)C2)s1. The fourth-order valence-electron chi connectivity index (χ4n) is 2.42. The molecule has 0 aliphatic carbocycles. The van der Waals surface area contributed by atoms with Crippen molar-refractivity contribution in [3.63, 3.8) is 0 Å². The summed E-state index contributed by atoms with van der Waals surface area (Å²) in [4.78, 5) is 32.1. The van der Waals surface area contributed by atoms with Gasteiger partial charge in [-0.3, -0.25) is 9.59 Å². The van der Waals surface area contributed by atoms with E-state index >= 15 is 0 Å². The molecule has 2 amide bonds. The highest BCUT2D eigenvalue weighted by molar-refractivity contribution is 7.18. The van der Waals surface area contributed by atoms with Crippen LogP contribution in [0.3, 0.4) is 0 Å². The summed E-state index contributed by atoms with van der Waals surface area (Å²) < 4.78 is 0. The summed E-state index contributed by atoms with van der Waals surface area (Å²) in [5, 5.41) is 0.756. The lowest BCUT2D eigenvalue weighted by molar-refractivity contribution is -0.121. The fourth-order valence-corrected chi connectivity index (χ4v) is 3.50. The molecule has 0 radical (unpaired) electrons. The zero-order valence-electron chi connectivity index (χ0n) is 12.3. The van der Waals surface area contributed by atoms with E-state index in [1.807, 2.05) is 18.7 Å². The maximum atomic E-state index is 12.5. The smallest absolute Gasteiger partial charge is 0.267 e. The molecule has 1 aromatic rings. The van der Waals surface area contributed by atoms with E-state index in [2.05, 4.69) is 4.98 Å². The summed E-state index contributed by atoms with van der Waals surface area (Å²) in [6.45, 7) is 6.58. The molecule has 1 aliphatic rings. The van der Waals surface area contributed by atoms with E-state index in [9.17, 15) is 9.59 Å². The topological polar surface area (TPSA) is 106 Å². The van der Waals surface area contributed by atoms with Crippen molar-refractivity contribution in [2.24, 2.45) is 11.7 Å². The minimum Gasteiger partial charge on any atom is -0.382 e. The van der Waals surface area contributed by atoms with Gasteiger partial charge in [-0.15, -0.1) is 0 Å². The predicted octanol–water partition coefficient (Wildman–Crippen LogP) is 0.519. The first-order valence-corrected chi connectivity index (χ1v) is 7.89. The van der Waals surface area contributed by atoms with E-state index in [1.165, 1.54) is 11.3 Å². The van der Waals surface area contributed by atoms with Crippen molar-refractivity contribution in [3.05, 3.63) is 4.88 Å². The molecule has 1 saturated heterocycles. The van der Waals surface area contributed by atoms with Gasteiger partial charge in [0.2, 0.25) is 5.91 Å². The maximum absolute atomic E-state index is 12.5. The number of amides is 2. The van der Waals surface area contributed by atoms with Gasteiger partial charge in [0.1, 0.15) is 10.7 Å². The van der Waals surface area contributed by atoms with Gasteiger partial charge in [0.05, 0.1) is 5.92 Å². The molecule has 1 atom stereocenters. The molecule has 1 aromatic heterocycles. The standard InChI is InChI=1S/C13H21N5O2S/c1-3-17(4-2)13-16-10(14)9(21-13)12(20)18-6-5-8(7-18)11(15)19/h8H,3-7,14H2,1-2H3,(H2,15,19). The second-order valence-electron chi connectivity index (χ2n) is 5.02. The number of primary amides is 1. The van der Waals surface area contributed by atoms with Gasteiger partial charge in [0.25, 0.3) is 5.91 Å². The van der Waals surface area contributed by atoms with Crippen molar-refractivity contribution in [1.29, 1.82) is 0 Å². The molecular weight excluding hydrogens is 290 g/mol. The third-order valence-corrected chi connectivity index (χ3v) is 4.87. The second kappa shape index (κ2) is 6.30. The molecule has 8 heteroatoms. The number of nitrogen functional groups attached to an aromatic ring is 1. The molecule has 4 N–H and O–H groups in total. The van der Waals surface area contributed by atoms with Crippen LogP contribution in [0.1, 0.15) is 29.9 Å². The lowest BCUT2D eigenvalue weighted by atomic mass is 10.1. The third kappa shape index (κ3) is 3.10. The van der Waals surface area contributed by atoms with Gasteiger partial charge in [-0.05, 0) is 20.3 Å². The Balaban J connectivity index is 2.15. The molecule has 1 fully saturated rings. The molecule has 1 unspecified atom stereocenters. The van der Waals surface area contributed by atoms with Crippen LogP contribution in [0, 0.1) is 5.92 Å². The van der Waals surface area contributed by atoms with Crippen LogP contribution in [0.25, 0.3) is 0 Å². The molecular formula is C13H21N5O2S. The average molecular weight is 311 g/mol. The van der Waals surface area contributed by atoms with E-state index in [-0.39, 0.29) is 23.6 Å². The summed E-state index contributed by atoms with van der Waals surface area (Å²) in [6.07, 6.45) is 0.614. The van der Waals surface area contributed by atoms with E-state index in [0.717, 1.165) is 18.2 Å². The second-order valence-corrected chi connectivity index (χ2v) is 6.00. The van der Waals surface area contributed by atoms with E-state index in [4.69, 9.17) is 11.5 Å². The average Bonchev–Trinajstić information content (AvgIpc) is 3.07. The van der Waals surface area contributed by atoms with Crippen LogP contribution < -0.4 is 16.4 Å². The molecule has 0 saturated carbocycles. The van der Waals surface area contributed by atoms with Crippen LogP contribution in [0.4, 0.5) is 10.9 Å². The Morgan fingerprint density at radius 1 is 1.43 bits per heavy atom. The van der Waals surface area contributed by atoms with Crippen molar-refractivity contribution < 1.29 is 9.59 Å². The first-order chi connectivity index (χ1) is 9.97. The maximum Gasteiger partial charge on any atom is 0.267 e. The van der Waals surface area contributed by atoms with Gasteiger partial charge in [0.15, 0.2) is 5.13 Å². The monoisotopic (exact) mass is 311 g/mol. The number of carbonyl (C=O) groups is 2. The Hall–Kier alpha value is -1.83. The molecule has 2 rings (SSSR count). The predicted molar refractivity (Wildman–Crippen MR) is 83.3 cm³/mol. The number of carbonyl (C=O) groups excluding carboxylic acids is 2. The summed E-state index contributed by atoms with van der Waals surface area (Å²) >= 11 is 1.30. The molecule has 0 bridgehead atoms. The highest BCUT2D eigenvalue weighted by Gasteiger charge is 2.32. The van der Waals surface area contributed by atoms with Gasteiger partial charge in [-0.1, -0.05) is 11.3 Å². The number of hydrogen-bond donors (Lipinski definition) is 2. The fraction of sp³-hybridized carbons (Fsp3) is 0.615. The van der Waals surface area contributed by atoms with Crippen LogP contribution in [-0.2, 0) is 4.79 Å². The zero-order valence-corrected chi connectivity index (χ0v) is 13.2. The van der Waals surface area contributed by atoms with Crippen LogP contribution in [0.2, 0.25) is 0 Å². The minimum absolute atomic E-state index is 0.160. The van der Waals surface area contributed by atoms with Crippen molar-refractivity contribution in [2.75, 3.05) is 36.8 Å². The quantitative estimate of drug-likeness (QED) is 0.824. The van der Waals surface area contributed by atoms with Gasteiger partial charge < -0.3 is 21.3 Å². The molecule has 0 spiro atoms. The van der Waals surface area contributed by atoms with E-state index in [1.54, 1.807) is 4.90 Å². The molecule has 1 aliphatic heterocycles. The van der Waals surface area contributed by atoms with Gasteiger partial charge in [-0.2, -0.15) is 0 Å². The normalized spacial score (nSPS) is 18.0. The number of nitrogens with two attached hydrogens (primary N) is 2. The van der Waals surface area contributed by atoms with Crippen LogP contribution >= 0.6 is 11.3 Å². The Bertz CT molecular complexity index is 541. The Labute approximate surface area is 127 Å². The van der Waals surface area contributed by atoms with Crippen molar-refractivity contribution in [3.8, 4) is 0 Å². The molecule has 116 valence electrons. The van der Waals surface area contributed by atoms with Crippen LogP contribution in [-0.4, -0.2) is 47.9 Å². The summed E-state index contributed by atoms with van der Waals surface area (Å²) in [5.41, 5.74) is 11.2. The highest BCUT2D eigenvalue weighted by Crippen LogP contribution is 2.30. The molecule has 7 nitrogen and oxygen atoms in total. The number of rotatable bonds is 5. The number of aromatic nitrogens is 1. The summed E-state index contributed by atoms with van der Waals surface area (Å²) in [6, 6.07) is 0. The minimum atomic E-state index is -0.355. The van der Waals surface area contributed by atoms with Crippen LogP contribution in [0.15, 0.2) is 0 Å². The Kier molecular flexibility index (Phi) is 4.66.